The smallest absolute Gasteiger partial charge is 0.231 e. The summed E-state index contributed by atoms with van der Waals surface area (Å²) in [5, 5.41) is 2.84. The zero-order valence-electron chi connectivity index (χ0n) is 11.8. The van der Waals surface area contributed by atoms with Gasteiger partial charge in [-0.2, -0.15) is 0 Å². The summed E-state index contributed by atoms with van der Waals surface area (Å²) in [6.07, 6.45) is 1.52. The van der Waals surface area contributed by atoms with Crippen LogP contribution in [0.15, 0.2) is 24.3 Å². The second-order valence-corrected chi connectivity index (χ2v) is 5.93. The highest BCUT2D eigenvalue weighted by Gasteiger charge is 2.26. The SMILES string of the molecule is CC(C)(CCl)C(=O)Nc1ccc(N2CCCC2=O)cc1. The first kappa shape index (κ1) is 14.9. The highest BCUT2D eigenvalue weighted by Crippen LogP contribution is 2.24. The summed E-state index contributed by atoms with van der Waals surface area (Å²) in [6, 6.07) is 7.32. The molecule has 1 N–H and O–H groups in total. The molecular weight excluding hydrogens is 276 g/mol. The number of carbonyl (C=O) groups excluding carboxylic acids is 2. The lowest BCUT2D eigenvalue weighted by Gasteiger charge is -2.21. The zero-order valence-corrected chi connectivity index (χ0v) is 12.5. The molecule has 0 saturated carbocycles. The molecule has 0 spiro atoms. The van der Waals surface area contributed by atoms with E-state index < -0.39 is 5.41 Å². The third-order valence-corrected chi connectivity index (χ3v) is 4.13. The molecular formula is C15H19ClN2O2. The van der Waals surface area contributed by atoms with Gasteiger partial charge < -0.3 is 10.2 Å². The molecule has 5 heteroatoms. The molecule has 0 unspecified atom stereocenters. The lowest BCUT2D eigenvalue weighted by Crippen LogP contribution is -2.32. The molecule has 20 heavy (non-hydrogen) atoms. The number of alkyl halides is 1. The summed E-state index contributed by atoms with van der Waals surface area (Å²) in [5.74, 6) is 0.307. The van der Waals surface area contributed by atoms with E-state index in [1.165, 1.54) is 0 Å². The molecule has 0 radical (unpaired) electrons. The molecule has 1 fully saturated rings. The normalized spacial score (nSPS) is 15.6. The predicted molar refractivity (Wildman–Crippen MR) is 81.2 cm³/mol. The maximum absolute atomic E-state index is 12.0. The monoisotopic (exact) mass is 294 g/mol. The Morgan fingerprint density at radius 3 is 2.50 bits per heavy atom. The van der Waals surface area contributed by atoms with E-state index in [1.807, 2.05) is 24.3 Å². The average molecular weight is 295 g/mol. The van der Waals surface area contributed by atoms with E-state index in [1.54, 1.807) is 18.7 Å². The molecule has 2 rings (SSSR count). The van der Waals surface area contributed by atoms with Crippen molar-refractivity contribution in [1.29, 1.82) is 0 Å². The van der Waals surface area contributed by atoms with Gasteiger partial charge in [0.05, 0.1) is 5.41 Å². The van der Waals surface area contributed by atoms with Gasteiger partial charge in [0.25, 0.3) is 0 Å². The van der Waals surface area contributed by atoms with Crippen LogP contribution in [-0.2, 0) is 9.59 Å². The van der Waals surface area contributed by atoms with Gasteiger partial charge in [0.1, 0.15) is 0 Å². The van der Waals surface area contributed by atoms with Crippen molar-refractivity contribution in [3.05, 3.63) is 24.3 Å². The minimum Gasteiger partial charge on any atom is -0.326 e. The number of carbonyl (C=O) groups is 2. The molecule has 1 aromatic rings. The number of hydrogen-bond donors (Lipinski definition) is 1. The number of anilines is 2. The number of benzene rings is 1. The van der Waals surface area contributed by atoms with Gasteiger partial charge in [-0.3, -0.25) is 9.59 Å². The molecule has 1 aliphatic rings. The van der Waals surface area contributed by atoms with Crippen molar-refractivity contribution in [2.75, 3.05) is 22.6 Å². The molecule has 1 aromatic carbocycles. The van der Waals surface area contributed by atoms with Gasteiger partial charge in [-0.25, -0.2) is 0 Å². The molecule has 0 aromatic heterocycles. The van der Waals surface area contributed by atoms with Crippen molar-refractivity contribution in [3.8, 4) is 0 Å². The lowest BCUT2D eigenvalue weighted by molar-refractivity contribution is -0.123. The summed E-state index contributed by atoms with van der Waals surface area (Å²) in [5.41, 5.74) is 0.983. The highest BCUT2D eigenvalue weighted by atomic mass is 35.5. The van der Waals surface area contributed by atoms with Gasteiger partial charge in [0.2, 0.25) is 11.8 Å². The van der Waals surface area contributed by atoms with Crippen molar-refractivity contribution in [2.24, 2.45) is 5.41 Å². The summed E-state index contributed by atoms with van der Waals surface area (Å²) in [7, 11) is 0. The van der Waals surface area contributed by atoms with Crippen LogP contribution < -0.4 is 10.2 Å². The Morgan fingerprint density at radius 2 is 2.00 bits per heavy atom. The van der Waals surface area contributed by atoms with Crippen LogP contribution in [0.2, 0.25) is 0 Å². The minimum absolute atomic E-state index is 0.113. The van der Waals surface area contributed by atoms with Crippen LogP contribution in [0.4, 0.5) is 11.4 Å². The van der Waals surface area contributed by atoms with E-state index in [-0.39, 0.29) is 17.7 Å². The average Bonchev–Trinajstić information content (AvgIpc) is 2.86. The van der Waals surface area contributed by atoms with Crippen LogP contribution in [-0.4, -0.2) is 24.2 Å². The Morgan fingerprint density at radius 1 is 1.35 bits per heavy atom. The van der Waals surface area contributed by atoms with E-state index in [0.29, 0.717) is 12.1 Å². The van der Waals surface area contributed by atoms with Crippen molar-refractivity contribution < 1.29 is 9.59 Å². The Hall–Kier alpha value is -1.55. The number of rotatable bonds is 4. The standard InChI is InChI=1S/C15H19ClN2O2/c1-15(2,10-16)14(20)17-11-5-7-12(8-6-11)18-9-3-4-13(18)19/h5-8H,3-4,9-10H2,1-2H3,(H,17,20). The van der Waals surface area contributed by atoms with Crippen LogP contribution in [0.3, 0.4) is 0 Å². The molecule has 1 heterocycles. The maximum Gasteiger partial charge on any atom is 0.231 e. The van der Waals surface area contributed by atoms with Gasteiger partial charge in [0.15, 0.2) is 0 Å². The summed E-state index contributed by atoms with van der Waals surface area (Å²) < 4.78 is 0. The van der Waals surface area contributed by atoms with E-state index in [4.69, 9.17) is 11.6 Å². The topological polar surface area (TPSA) is 49.4 Å². The molecule has 2 amide bonds. The van der Waals surface area contributed by atoms with Crippen LogP contribution in [0.5, 0.6) is 0 Å². The summed E-state index contributed by atoms with van der Waals surface area (Å²) in [4.78, 5) is 25.4. The highest BCUT2D eigenvalue weighted by molar-refractivity contribution is 6.20. The van der Waals surface area contributed by atoms with Gasteiger partial charge in [-0.1, -0.05) is 0 Å². The Kier molecular flexibility index (Phi) is 4.33. The lowest BCUT2D eigenvalue weighted by atomic mass is 9.95. The first-order chi connectivity index (χ1) is 9.44. The van der Waals surface area contributed by atoms with Crippen LogP contribution in [0.1, 0.15) is 26.7 Å². The predicted octanol–water partition coefficient (Wildman–Crippen LogP) is 3.02. The second-order valence-electron chi connectivity index (χ2n) is 5.67. The Labute approximate surface area is 124 Å². The molecule has 0 bridgehead atoms. The van der Waals surface area contributed by atoms with E-state index >= 15 is 0 Å². The zero-order chi connectivity index (χ0) is 14.8. The molecule has 108 valence electrons. The number of amides is 2. The number of halogens is 1. The summed E-state index contributed by atoms with van der Waals surface area (Å²) >= 11 is 5.78. The van der Waals surface area contributed by atoms with Crippen molar-refractivity contribution >= 4 is 34.8 Å². The van der Waals surface area contributed by atoms with Crippen LogP contribution >= 0.6 is 11.6 Å². The quantitative estimate of drug-likeness (QED) is 0.868. The third-order valence-electron chi connectivity index (χ3n) is 3.46. The van der Waals surface area contributed by atoms with Gasteiger partial charge in [-0.05, 0) is 44.5 Å². The first-order valence-electron chi connectivity index (χ1n) is 6.72. The van der Waals surface area contributed by atoms with Crippen molar-refractivity contribution in [3.63, 3.8) is 0 Å². The number of nitrogens with one attached hydrogen (secondary N) is 1. The maximum atomic E-state index is 12.0. The fraction of sp³-hybridized carbons (Fsp3) is 0.467. The number of nitrogens with zero attached hydrogens (tertiary/aromatic N) is 1. The molecule has 1 aliphatic heterocycles. The van der Waals surface area contributed by atoms with Gasteiger partial charge in [0, 0.05) is 30.2 Å². The Balaban J connectivity index is 2.05. The van der Waals surface area contributed by atoms with E-state index in [9.17, 15) is 9.59 Å². The minimum atomic E-state index is -0.606. The van der Waals surface area contributed by atoms with Crippen LogP contribution in [0.25, 0.3) is 0 Å². The van der Waals surface area contributed by atoms with E-state index in [2.05, 4.69) is 5.32 Å². The molecule has 4 nitrogen and oxygen atoms in total. The van der Waals surface area contributed by atoms with E-state index in [0.717, 1.165) is 18.7 Å². The fourth-order valence-electron chi connectivity index (χ4n) is 2.01. The Bertz CT molecular complexity index is 511. The fourth-order valence-corrected chi connectivity index (χ4v) is 2.13. The van der Waals surface area contributed by atoms with Crippen molar-refractivity contribution in [2.45, 2.75) is 26.7 Å². The van der Waals surface area contributed by atoms with Gasteiger partial charge >= 0.3 is 0 Å². The summed E-state index contributed by atoms with van der Waals surface area (Å²) in [6.45, 7) is 4.36. The molecule has 0 aliphatic carbocycles. The number of hydrogen-bond acceptors (Lipinski definition) is 2. The largest absolute Gasteiger partial charge is 0.326 e. The second kappa shape index (κ2) is 5.83. The third kappa shape index (κ3) is 3.12. The van der Waals surface area contributed by atoms with Crippen LogP contribution in [0, 0.1) is 5.41 Å². The molecule has 1 saturated heterocycles. The first-order valence-corrected chi connectivity index (χ1v) is 7.25. The van der Waals surface area contributed by atoms with Gasteiger partial charge in [-0.15, -0.1) is 11.6 Å². The molecule has 0 atom stereocenters. The van der Waals surface area contributed by atoms with Crippen molar-refractivity contribution in [1.82, 2.24) is 0 Å².